The Bertz CT molecular complexity index is 573. The molecule has 21 heavy (non-hydrogen) atoms. The van der Waals surface area contributed by atoms with Crippen molar-refractivity contribution in [2.45, 2.75) is 46.0 Å². The first-order valence-electron chi connectivity index (χ1n) is 7.83. The van der Waals surface area contributed by atoms with Gasteiger partial charge in [-0.3, -0.25) is 9.58 Å². The lowest BCUT2D eigenvalue weighted by molar-refractivity contribution is 0.237. The average Bonchev–Trinajstić information content (AvgIpc) is 3.14. The van der Waals surface area contributed by atoms with Crippen LogP contribution in [0.15, 0.2) is 24.5 Å². The number of hydrogen-bond acceptors (Lipinski definition) is 3. The lowest BCUT2D eigenvalue weighted by atomic mass is 10.0. The van der Waals surface area contributed by atoms with Crippen LogP contribution in [0.2, 0.25) is 0 Å². The smallest absolute Gasteiger partial charge is 0.0926 e. The quantitative estimate of drug-likeness (QED) is 0.879. The maximum Gasteiger partial charge on any atom is 0.0926 e. The highest BCUT2D eigenvalue weighted by Crippen LogP contribution is 2.23. The fraction of sp³-hybridized carbons (Fsp3) is 0.562. The molecule has 1 N–H and O–H groups in total. The van der Waals surface area contributed by atoms with E-state index in [1.165, 1.54) is 11.3 Å². The molecule has 5 nitrogen and oxygen atoms in total. The number of aliphatic hydroxyl groups is 1. The average molecular weight is 288 g/mol. The summed E-state index contributed by atoms with van der Waals surface area (Å²) in [6.07, 6.45) is 6.42. The minimum atomic E-state index is 0.0482. The fourth-order valence-electron chi connectivity index (χ4n) is 3.19. The van der Waals surface area contributed by atoms with Crippen LogP contribution in [-0.2, 0) is 32.7 Å². The molecule has 0 unspecified atom stereocenters. The van der Waals surface area contributed by atoms with Crippen molar-refractivity contribution in [1.82, 2.24) is 19.2 Å². The van der Waals surface area contributed by atoms with E-state index in [4.69, 9.17) is 0 Å². The molecule has 3 rings (SSSR count). The number of rotatable bonds is 6. The van der Waals surface area contributed by atoms with E-state index >= 15 is 0 Å². The van der Waals surface area contributed by atoms with Crippen LogP contribution in [0.5, 0.6) is 0 Å². The van der Waals surface area contributed by atoms with E-state index in [1.54, 1.807) is 0 Å². The van der Waals surface area contributed by atoms with Crippen LogP contribution in [0.25, 0.3) is 0 Å². The third kappa shape index (κ3) is 3.04. The van der Waals surface area contributed by atoms with Crippen LogP contribution in [0.1, 0.15) is 30.3 Å². The van der Waals surface area contributed by atoms with E-state index in [0.29, 0.717) is 0 Å². The molecule has 0 saturated carbocycles. The van der Waals surface area contributed by atoms with Gasteiger partial charge in [0.2, 0.25) is 0 Å². The summed E-state index contributed by atoms with van der Waals surface area (Å²) in [7, 11) is 0. The summed E-state index contributed by atoms with van der Waals surface area (Å²) >= 11 is 0. The lowest BCUT2D eigenvalue weighted by Crippen LogP contribution is -2.32. The second kappa shape index (κ2) is 6.45. The molecule has 0 aliphatic carbocycles. The van der Waals surface area contributed by atoms with Gasteiger partial charge in [-0.15, -0.1) is 0 Å². The zero-order chi connectivity index (χ0) is 14.7. The van der Waals surface area contributed by atoms with Crippen molar-refractivity contribution in [2.75, 3.05) is 13.1 Å². The molecule has 0 atom stereocenters. The Hall–Kier alpha value is -1.59. The Kier molecular flexibility index (Phi) is 4.41. The summed E-state index contributed by atoms with van der Waals surface area (Å²) in [5.41, 5.74) is 3.44. The molecule has 2 aromatic heterocycles. The molecule has 1 aliphatic heterocycles. The number of hydrogen-bond donors (Lipinski definition) is 1. The molecule has 1 aliphatic rings. The predicted octanol–water partition coefficient (Wildman–Crippen LogP) is 1.65. The number of nitrogens with zero attached hydrogens (tertiary/aromatic N) is 4. The molecule has 114 valence electrons. The van der Waals surface area contributed by atoms with Gasteiger partial charge in [-0.1, -0.05) is 0 Å². The molecular formula is C16H24N4O. The molecule has 0 radical (unpaired) electrons. The molecule has 0 fully saturated rings. The molecular weight excluding hydrogens is 264 g/mol. The molecule has 5 heteroatoms. The molecule has 3 heterocycles. The largest absolute Gasteiger partial charge is 0.390 e. The minimum absolute atomic E-state index is 0.0482. The minimum Gasteiger partial charge on any atom is -0.390 e. The normalized spacial score (nSPS) is 15.3. The highest BCUT2D eigenvalue weighted by molar-refractivity contribution is 5.28. The number of aryl methyl sites for hydroxylation is 2. The van der Waals surface area contributed by atoms with E-state index < -0.39 is 0 Å². The van der Waals surface area contributed by atoms with Crippen molar-refractivity contribution in [2.24, 2.45) is 0 Å². The highest BCUT2D eigenvalue weighted by Gasteiger charge is 2.23. The van der Waals surface area contributed by atoms with Crippen LogP contribution in [-0.4, -0.2) is 37.4 Å². The van der Waals surface area contributed by atoms with Gasteiger partial charge in [0.1, 0.15) is 0 Å². The second-order valence-electron chi connectivity index (χ2n) is 5.65. The van der Waals surface area contributed by atoms with Gasteiger partial charge in [-0.05, 0) is 25.5 Å². The standard InChI is InChI=1S/C16H24N4O/c1-2-20-16-6-11-19(12-14(16)15(13-21)17-20)10-5-9-18-7-3-4-8-18/h3-4,7-8,21H,2,5-6,9-13H2,1H3. The Balaban J connectivity index is 1.60. The molecule has 0 bridgehead atoms. The first kappa shape index (κ1) is 14.4. The third-order valence-corrected chi connectivity index (χ3v) is 4.30. The van der Waals surface area contributed by atoms with Crippen molar-refractivity contribution in [3.8, 4) is 0 Å². The zero-order valence-electron chi connectivity index (χ0n) is 12.7. The van der Waals surface area contributed by atoms with Gasteiger partial charge in [0.05, 0.1) is 12.3 Å². The number of aromatic nitrogens is 3. The van der Waals surface area contributed by atoms with Crippen LogP contribution in [0, 0.1) is 0 Å². The third-order valence-electron chi connectivity index (χ3n) is 4.30. The van der Waals surface area contributed by atoms with E-state index in [9.17, 15) is 5.11 Å². The number of aliphatic hydroxyl groups excluding tert-OH is 1. The van der Waals surface area contributed by atoms with Gasteiger partial charge in [-0.25, -0.2) is 0 Å². The van der Waals surface area contributed by atoms with Crippen LogP contribution < -0.4 is 0 Å². The first-order chi connectivity index (χ1) is 10.3. The maximum absolute atomic E-state index is 9.49. The Morgan fingerprint density at radius 3 is 2.76 bits per heavy atom. The van der Waals surface area contributed by atoms with Gasteiger partial charge in [0.25, 0.3) is 0 Å². The molecule has 0 saturated heterocycles. The first-order valence-corrected chi connectivity index (χ1v) is 7.83. The summed E-state index contributed by atoms with van der Waals surface area (Å²) in [5, 5.41) is 14.0. The van der Waals surface area contributed by atoms with Crippen molar-refractivity contribution in [1.29, 1.82) is 0 Å². The summed E-state index contributed by atoms with van der Waals surface area (Å²) in [4.78, 5) is 2.48. The summed E-state index contributed by atoms with van der Waals surface area (Å²) < 4.78 is 4.28. The monoisotopic (exact) mass is 288 g/mol. The molecule has 2 aromatic rings. The van der Waals surface area contributed by atoms with Gasteiger partial charge < -0.3 is 9.67 Å². The van der Waals surface area contributed by atoms with E-state index in [1.807, 2.05) is 0 Å². The summed E-state index contributed by atoms with van der Waals surface area (Å²) in [5.74, 6) is 0. The van der Waals surface area contributed by atoms with Crippen molar-refractivity contribution >= 4 is 0 Å². The Morgan fingerprint density at radius 2 is 2.05 bits per heavy atom. The zero-order valence-corrected chi connectivity index (χ0v) is 12.7. The number of fused-ring (bicyclic) bond motifs is 1. The summed E-state index contributed by atoms with van der Waals surface area (Å²) in [6.45, 7) is 7.23. The van der Waals surface area contributed by atoms with Crippen molar-refractivity contribution in [3.05, 3.63) is 41.5 Å². The van der Waals surface area contributed by atoms with Crippen LogP contribution in [0.3, 0.4) is 0 Å². The van der Waals surface area contributed by atoms with Crippen LogP contribution in [0.4, 0.5) is 0 Å². The topological polar surface area (TPSA) is 46.2 Å². The molecule has 0 aromatic carbocycles. The Labute approximate surface area is 125 Å². The van der Waals surface area contributed by atoms with Gasteiger partial charge >= 0.3 is 0 Å². The molecule has 0 spiro atoms. The second-order valence-corrected chi connectivity index (χ2v) is 5.65. The van der Waals surface area contributed by atoms with Gasteiger partial charge in [0, 0.05) is 62.8 Å². The van der Waals surface area contributed by atoms with Crippen molar-refractivity contribution < 1.29 is 5.11 Å². The SMILES string of the molecule is CCn1nc(CO)c2c1CCN(CCCn1cccc1)C2. The highest BCUT2D eigenvalue weighted by atomic mass is 16.3. The predicted molar refractivity (Wildman–Crippen MR) is 81.9 cm³/mol. The van der Waals surface area contributed by atoms with E-state index in [2.05, 4.69) is 50.7 Å². The van der Waals surface area contributed by atoms with E-state index in [0.717, 1.165) is 51.3 Å². The van der Waals surface area contributed by atoms with Gasteiger partial charge in [-0.2, -0.15) is 5.10 Å². The Morgan fingerprint density at radius 1 is 1.24 bits per heavy atom. The van der Waals surface area contributed by atoms with E-state index in [-0.39, 0.29) is 6.61 Å². The van der Waals surface area contributed by atoms with Crippen LogP contribution >= 0.6 is 0 Å². The summed E-state index contributed by atoms with van der Waals surface area (Å²) in [6, 6.07) is 4.14. The lowest BCUT2D eigenvalue weighted by Gasteiger charge is -2.27. The molecule has 0 amide bonds. The maximum atomic E-state index is 9.49. The fourth-order valence-corrected chi connectivity index (χ4v) is 3.19. The van der Waals surface area contributed by atoms with Crippen molar-refractivity contribution in [3.63, 3.8) is 0 Å². The van der Waals surface area contributed by atoms with Gasteiger partial charge in [0.15, 0.2) is 0 Å².